The summed E-state index contributed by atoms with van der Waals surface area (Å²) in [6.45, 7) is 0. The maximum Gasteiger partial charge on any atom is 0.164 e. The lowest BCUT2D eigenvalue weighted by molar-refractivity contribution is 1.07. The minimum Gasteiger partial charge on any atom is -0.309 e. The van der Waals surface area contributed by atoms with Crippen LogP contribution < -0.4 is 0 Å². The number of nitriles is 1. The van der Waals surface area contributed by atoms with Crippen molar-refractivity contribution in [2.75, 3.05) is 0 Å². The van der Waals surface area contributed by atoms with Gasteiger partial charge in [-0.3, -0.25) is 0 Å². The topological polar surface area (TPSA) is 72.3 Å². The van der Waals surface area contributed by atoms with Gasteiger partial charge in [-0.05, 0) is 83.9 Å². The van der Waals surface area contributed by atoms with E-state index in [1.165, 1.54) is 4.70 Å². The fourth-order valence-electron chi connectivity index (χ4n) is 9.51. The molecule has 13 aromatic rings. The second kappa shape index (κ2) is 14.7. The quantitative estimate of drug-likeness (QED) is 0.167. The lowest BCUT2D eigenvalue weighted by Gasteiger charge is -2.14. The Labute approximate surface area is 381 Å². The van der Waals surface area contributed by atoms with Crippen molar-refractivity contribution in [3.8, 4) is 62.7 Å². The molecule has 0 fully saturated rings. The average molecular weight is 850 g/mol. The summed E-state index contributed by atoms with van der Waals surface area (Å²) in [7, 11) is 0. The van der Waals surface area contributed by atoms with Gasteiger partial charge in [0.1, 0.15) is 6.07 Å². The maximum absolute atomic E-state index is 11.3. The van der Waals surface area contributed by atoms with Crippen LogP contribution in [0.2, 0.25) is 0 Å². The summed E-state index contributed by atoms with van der Waals surface area (Å²) in [5.74, 6) is 0.718. The number of thiophene rings is 1. The molecule has 9 aromatic carbocycles. The van der Waals surface area contributed by atoms with E-state index in [0.29, 0.717) is 11.6 Å². The molecule has 0 saturated heterocycles. The number of benzene rings is 9. The summed E-state index contributed by atoms with van der Waals surface area (Å²) >= 11 is 1.72. The summed E-state index contributed by atoms with van der Waals surface area (Å²) < 4.78 is 36.3. The molecule has 0 unspecified atom stereocenters. The zero-order valence-corrected chi connectivity index (χ0v) is 35.3. The Bertz CT molecular complexity index is 4260. The van der Waals surface area contributed by atoms with Gasteiger partial charge in [-0.1, -0.05) is 133 Å². The van der Waals surface area contributed by atoms with E-state index in [9.17, 15) is 9.37 Å². The Kier molecular flexibility index (Phi) is 7.66. The van der Waals surface area contributed by atoms with E-state index in [4.69, 9.17) is 15.0 Å². The largest absolute Gasteiger partial charge is 0.309 e. The average Bonchev–Trinajstić information content (AvgIpc) is 4.05. The van der Waals surface area contributed by atoms with Gasteiger partial charge in [0.05, 0.1) is 37.4 Å². The second-order valence-electron chi connectivity index (χ2n) is 16.0. The number of rotatable bonds is 6. The molecule has 13 rings (SSSR count). The zero-order chi connectivity index (χ0) is 45.6. The van der Waals surface area contributed by atoms with Crippen LogP contribution in [0, 0.1) is 11.3 Å². The minimum atomic E-state index is -0.271. The Balaban J connectivity index is 1.09. The van der Waals surface area contributed by atoms with E-state index < -0.39 is 0 Å². The van der Waals surface area contributed by atoms with Crippen LogP contribution in [0.25, 0.3) is 120 Å². The molecule has 0 amide bonds. The lowest BCUT2D eigenvalue weighted by Crippen LogP contribution is -2.03. The molecule has 0 radical (unpaired) electrons. The van der Waals surface area contributed by atoms with Gasteiger partial charge >= 0.3 is 0 Å². The highest BCUT2D eigenvalue weighted by Crippen LogP contribution is 2.43. The third kappa shape index (κ3) is 5.82. The number of hydrogen-bond acceptors (Lipinski definition) is 5. The first-order valence-electron chi connectivity index (χ1n) is 22.8. The highest BCUT2D eigenvalue weighted by Gasteiger charge is 2.23. The molecule has 0 aliphatic carbocycles. The van der Waals surface area contributed by atoms with Crippen molar-refractivity contribution in [3.63, 3.8) is 0 Å². The van der Waals surface area contributed by atoms with Crippen molar-refractivity contribution in [1.82, 2.24) is 24.1 Å². The summed E-state index contributed by atoms with van der Waals surface area (Å²) in [6.07, 6.45) is 0. The summed E-state index contributed by atoms with van der Waals surface area (Å²) in [5.41, 5.74) is 7.88. The number of para-hydroxylation sites is 3. The maximum atomic E-state index is 11.3. The predicted octanol–water partition coefficient (Wildman–Crippen LogP) is 15.0. The van der Waals surface area contributed by atoms with Gasteiger partial charge < -0.3 is 9.13 Å². The van der Waals surface area contributed by atoms with Gasteiger partial charge in [-0.25, -0.2) is 15.0 Å². The first kappa shape index (κ1) is 33.9. The number of fused-ring (bicyclic) bond motifs is 10. The van der Waals surface area contributed by atoms with Gasteiger partial charge in [0.25, 0.3) is 0 Å². The molecule has 0 bridgehead atoms. The van der Waals surface area contributed by atoms with Crippen molar-refractivity contribution in [2.45, 2.75) is 0 Å². The summed E-state index contributed by atoms with van der Waals surface area (Å²) in [5, 5.41) is 17.2. The Morgan fingerprint density at radius 2 is 1.09 bits per heavy atom. The van der Waals surface area contributed by atoms with E-state index in [0.717, 1.165) is 87.0 Å². The van der Waals surface area contributed by atoms with Gasteiger partial charge in [0, 0.05) is 64.1 Å². The van der Waals surface area contributed by atoms with Crippen molar-refractivity contribution in [2.24, 2.45) is 0 Å². The van der Waals surface area contributed by atoms with Crippen molar-refractivity contribution < 1.29 is 4.11 Å². The highest BCUT2D eigenvalue weighted by molar-refractivity contribution is 7.25. The molecule has 4 aromatic heterocycles. The molecule has 0 atom stereocenters. The first-order valence-corrected chi connectivity index (χ1v) is 22.2. The number of aromatic nitrogens is 5. The highest BCUT2D eigenvalue weighted by atomic mass is 32.1. The molecule has 0 aliphatic rings. The predicted molar refractivity (Wildman–Crippen MR) is 268 cm³/mol. The van der Waals surface area contributed by atoms with E-state index in [2.05, 4.69) is 71.3 Å². The number of hydrogen-bond donors (Lipinski definition) is 0. The number of nitrogens with zero attached hydrogens (tertiary/aromatic N) is 6. The molecule has 7 heteroatoms. The van der Waals surface area contributed by atoms with Crippen molar-refractivity contribution in [3.05, 3.63) is 212 Å². The molecule has 0 N–H and O–H groups in total. The van der Waals surface area contributed by atoms with Crippen LogP contribution in [0.4, 0.5) is 0 Å². The van der Waals surface area contributed by atoms with Crippen LogP contribution in [0.3, 0.4) is 0 Å². The van der Waals surface area contributed by atoms with E-state index in [1.54, 1.807) is 11.3 Å². The van der Waals surface area contributed by atoms with Crippen molar-refractivity contribution in [1.29, 1.82) is 5.26 Å². The zero-order valence-electron chi connectivity index (χ0n) is 37.5. The lowest BCUT2D eigenvalue weighted by atomic mass is 9.99. The molecule has 0 spiro atoms. The van der Waals surface area contributed by atoms with E-state index in [-0.39, 0.29) is 40.8 Å². The third-order valence-electron chi connectivity index (χ3n) is 12.4. The van der Waals surface area contributed by atoms with Crippen molar-refractivity contribution >= 4 is 75.1 Å². The van der Waals surface area contributed by atoms with Crippen LogP contribution in [0.5, 0.6) is 0 Å². The standard InChI is InChI=1S/C58H34N6S/c59-35-39-33-37(27-30-48(39)64-49-24-12-9-20-42(49)44-29-31-51-54(55(44)64)46-23-10-13-25-50(46)63(51)40-17-5-2-6-18-40)56-60-57(38-28-32-53-47(34-38)43-21-11-14-26-52(43)65-53)62-58(61-56)45-22-8-7-19-41(45)36-15-3-1-4-16-36/h1-34H/i27D,30D,33D. The van der Waals surface area contributed by atoms with Crippen LogP contribution in [0.1, 0.15) is 9.68 Å². The molecular weight excluding hydrogens is 813 g/mol. The Morgan fingerprint density at radius 1 is 0.462 bits per heavy atom. The van der Waals surface area contributed by atoms with Gasteiger partial charge in [-0.15, -0.1) is 11.3 Å². The van der Waals surface area contributed by atoms with Crippen LogP contribution in [-0.2, 0) is 0 Å². The minimum absolute atomic E-state index is 0.0222. The van der Waals surface area contributed by atoms with Gasteiger partial charge in [0.2, 0.25) is 0 Å². The first-order chi connectivity index (χ1) is 33.5. The third-order valence-corrected chi connectivity index (χ3v) is 13.5. The van der Waals surface area contributed by atoms with E-state index in [1.807, 2.05) is 132 Å². The Hall–Kier alpha value is -8.70. The van der Waals surface area contributed by atoms with Crippen LogP contribution >= 0.6 is 11.3 Å². The summed E-state index contributed by atoms with van der Waals surface area (Å²) in [4.78, 5) is 15.2. The van der Waals surface area contributed by atoms with Gasteiger partial charge in [-0.2, -0.15) is 5.26 Å². The molecule has 65 heavy (non-hydrogen) atoms. The molecular formula is C58H34N6S. The summed E-state index contributed by atoms with van der Waals surface area (Å²) in [6, 6.07) is 64.6. The van der Waals surface area contributed by atoms with Gasteiger partial charge in [0.15, 0.2) is 17.5 Å². The second-order valence-corrected chi connectivity index (χ2v) is 17.1. The normalized spacial score (nSPS) is 12.3. The van der Waals surface area contributed by atoms with Crippen LogP contribution in [0.15, 0.2) is 206 Å². The smallest absolute Gasteiger partial charge is 0.164 e. The SMILES string of the molecule is [2H]c1c([2H])c(-n2c3ccccc3c3ccc4c(c5ccccc5n4-c4ccccc4)c32)c(C#N)c([2H])c1-c1nc(-c2ccc3sc4ccccc4c3c2)nc(-c2ccccc2-c2ccccc2)n1. The van der Waals surface area contributed by atoms with E-state index >= 15 is 0 Å². The molecule has 6 nitrogen and oxygen atoms in total. The Morgan fingerprint density at radius 3 is 1.89 bits per heavy atom. The fourth-order valence-corrected chi connectivity index (χ4v) is 10.6. The van der Waals surface area contributed by atoms with Crippen LogP contribution in [-0.4, -0.2) is 24.1 Å². The molecule has 0 saturated carbocycles. The molecule has 0 aliphatic heterocycles. The fraction of sp³-hybridized carbons (Fsp3) is 0. The monoisotopic (exact) mass is 849 g/mol. The molecule has 302 valence electrons. The molecule has 4 heterocycles.